The van der Waals surface area contributed by atoms with Gasteiger partial charge in [-0.05, 0) is 44.4 Å². The third-order valence-corrected chi connectivity index (χ3v) is 5.96. The molecule has 3 amide bonds. The zero-order chi connectivity index (χ0) is 22.6. The van der Waals surface area contributed by atoms with Crippen LogP contribution in [-0.4, -0.2) is 67.1 Å². The minimum absolute atomic E-state index is 0.166. The molecular weight excluding hydrogens is 402 g/mol. The molecule has 4 atom stereocenters. The van der Waals surface area contributed by atoms with Crippen molar-refractivity contribution in [1.29, 1.82) is 0 Å². The summed E-state index contributed by atoms with van der Waals surface area (Å²) in [7, 11) is 1.33. The summed E-state index contributed by atoms with van der Waals surface area (Å²) in [5, 5.41) is 15.2. The number of unbranched alkanes of at least 4 members (excludes halogenated alkanes) is 2. The van der Waals surface area contributed by atoms with Crippen LogP contribution in [0.5, 0.6) is 0 Å². The molecule has 0 aromatic heterocycles. The number of carbonyl (C=O) groups is 3. The molecule has 3 N–H and O–H groups in total. The van der Waals surface area contributed by atoms with E-state index in [1.807, 2.05) is 6.92 Å². The Hall–Kier alpha value is -2.13. The summed E-state index contributed by atoms with van der Waals surface area (Å²) in [6, 6.07) is 0. The standard InChI is InChI=1S/C22H37N3O6/c1-3-4-13-23-22(28)30-15-20(26)24-14-17-16(18-11-12-19(17)31-18)9-7-5-6-8-10-21(27)25(2)29/h5,7,16-19,29H,3-4,6,8-15H2,1-2H3,(H,23,28)(H,24,26)/t16-,17+,18-,19+/m0/s1. The summed E-state index contributed by atoms with van der Waals surface area (Å²) in [6.45, 7) is 2.80. The highest BCUT2D eigenvalue weighted by Crippen LogP contribution is 2.44. The lowest BCUT2D eigenvalue weighted by Gasteiger charge is -2.27. The lowest BCUT2D eigenvalue weighted by atomic mass is 9.77. The molecule has 0 spiro atoms. The molecule has 31 heavy (non-hydrogen) atoms. The minimum atomic E-state index is -0.567. The first-order valence-corrected chi connectivity index (χ1v) is 11.4. The molecule has 0 unspecified atom stereocenters. The first-order valence-electron chi connectivity index (χ1n) is 11.4. The van der Waals surface area contributed by atoms with Gasteiger partial charge in [-0.15, -0.1) is 0 Å². The van der Waals surface area contributed by atoms with Crippen LogP contribution < -0.4 is 10.6 Å². The summed E-state index contributed by atoms with van der Waals surface area (Å²) < 4.78 is 11.0. The quantitative estimate of drug-likeness (QED) is 0.176. The highest BCUT2D eigenvalue weighted by Gasteiger charge is 2.47. The number of alkyl carbamates (subject to hydrolysis) is 1. The number of rotatable bonds is 13. The Morgan fingerprint density at radius 2 is 1.87 bits per heavy atom. The molecule has 0 aliphatic carbocycles. The van der Waals surface area contributed by atoms with E-state index in [1.54, 1.807) is 0 Å². The zero-order valence-electron chi connectivity index (χ0n) is 18.7. The van der Waals surface area contributed by atoms with Crippen molar-refractivity contribution < 1.29 is 29.1 Å². The Bertz CT molecular complexity index is 624. The van der Waals surface area contributed by atoms with Gasteiger partial charge in [0.15, 0.2) is 6.61 Å². The van der Waals surface area contributed by atoms with Gasteiger partial charge in [0, 0.05) is 32.5 Å². The van der Waals surface area contributed by atoms with Crippen LogP contribution in [0.3, 0.4) is 0 Å². The van der Waals surface area contributed by atoms with Crippen LogP contribution in [0.4, 0.5) is 4.79 Å². The average molecular weight is 440 g/mol. The maximum absolute atomic E-state index is 12.1. The highest BCUT2D eigenvalue weighted by molar-refractivity contribution is 5.80. The SMILES string of the molecule is CCCCNC(=O)OCC(=O)NC[C@@H]1[C@H](CC=CCCCC(=O)N(C)O)[C@@H]2CC[C@H]1O2. The van der Waals surface area contributed by atoms with Crippen molar-refractivity contribution in [3.8, 4) is 0 Å². The number of ether oxygens (including phenoxy) is 2. The number of amides is 3. The van der Waals surface area contributed by atoms with Crippen molar-refractivity contribution in [2.24, 2.45) is 11.8 Å². The fourth-order valence-electron chi connectivity index (χ4n) is 4.22. The van der Waals surface area contributed by atoms with Crippen LogP contribution in [-0.2, 0) is 19.1 Å². The van der Waals surface area contributed by atoms with Crippen LogP contribution >= 0.6 is 0 Å². The molecule has 2 saturated heterocycles. The number of fused-ring (bicyclic) bond motifs is 2. The first kappa shape index (κ1) is 25.1. The van der Waals surface area contributed by atoms with Crippen molar-refractivity contribution in [3.05, 3.63) is 12.2 Å². The average Bonchev–Trinajstić information content (AvgIpc) is 3.35. The lowest BCUT2D eigenvalue weighted by Crippen LogP contribution is -2.40. The van der Waals surface area contributed by atoms with Gasteiger partial charge in [0.25, 0.3) is 5.91 Å². The molecule has 2 rings (SSSR count). The van der Waals surface area contributed by atoms with Gasteiger partial charge in [0.1, 0.15) is 0 Å². The normalized spacial score (nSPS) is 24.4. The van der Waals surface area contributed by atoms with E-state index in [9.17, 15) is 14.4 Å². The second-order valence-corrected chi connectivity index (χ2v) is 8.30. The molecular formula is C22H37N3O6. The van der Waals surface area contributed by atoms with Crippen LogP contribution in [0.2, 0.25) is 0 Å². The van der Waals surface area contributed by atoms with Crippen LogP contribution in [0.15, 0.2) is 12.2 Å². The smallest absolute Gasteiger partial charge is 0.407 e. The van der Waals surface area contributed by atoms with E-state index >= 15 is 0 Å². The molecule has 2 fully saturated rings. The van der Waals surface area contributed by atoms with Gasteiger partial charge in [-0.2, -0.15) is 0 Å². The third kappa shape index (κ3) is 8.49. The summed E-state index contributed by atoms with van der Waals surface area (Å²) in [5.74, 6) is 0.00321. The Labute approximate surface area is 184 Å². The number of allylic oxidation sites excluding steroid dienone is 2. The van der Waals surface area contributed by atoms with Crippen molar-refractivity contribution in [2.75, 3.05) is 26.7 Å². The van der Waals surface area contributed by atoms with E-state index in [1.165, 1.54) is 7.05 Å². The number of hydrogen-bond acceptors (Lipinski definition) is 6. The Balaban J connectivity index is 1.67. The number of hydroxylamine groups is 2. The van der Waals surface area contributed by atoms with Gasteiger partial charge in [0.05, 0.1) is 12.2 Å². The van der Waals surface area contributed by atoms with Gasteiger partial charge in [-0.25, -0.2) is 9.86 Å². The molecule has 9 heteroatoms. The van der Waals surface area contributed by atoms with Gasteiger partial charge in [-0.1, -0.05) is 25.5 Å². The van der Waals surface area contributed by atoms with Crippen molar-refractivity contribution in [2.45, 2.75) is 70.5 Å². The Kier molecular flexibility index (Phi) is 10.8. The molecule has 9 nitrogen and oxygen atoms in total. The van der Waals surface area contributed by atoms with Crippen LogP contribution in [0.25, 0.3) is 0 Å². The molecule has 2 bridgehead atoms. The topological polar surface area (TPSA) is 117 Å². The molecule has 2 aliphatic heterocycles. The van der Waals surface area contributed by atoms with E-state index < -0.39 is 6.09 Å². The second-order valence-electron chi connectivity index (χ2n) is 8.30. The van der Waals surface area contributed by atoms with E-state index in [-0.39, 0.29) is 36.5 Å². The van der Waals surface area contributed by atoms with E-state index in [4.69, 9.17) is 14.7 Å². The second kappa shape index (κ2) is 13.3. The fraction of sp³-hybridized carbons (Fsp3) is 0.773. The summed E-state index contributed by atoms with van der Waals surface area (Å²) in [4.78, 5) is 34.9. The molecule has 2 aliphatic rings. The predicted octanol–water partition coefficient (Wildman–Crippen LogP) is 2.39. The van der Waals surface area contributed by atoms with Crippen molar-refractivity contribution in [3.63, 3.8) is 0 Å². The highest BCUT2D eigenvalue weighted by atomic mass is 16.6. The van der Waals surface area contributed by atoms with Crippen molar-refractivity contribution >= 4 is 17.9 Å². The number of nitrogens with zero attached hydrogens (tertiary/aromatic N) is 1. The largest absolute Gasteiger partial charge is 0.439 e. The Morgan fingerprint density at radius 3 is 2.58 bits per heavy atom. The third-order valence-electron chi connectivity index (χ3n) is 5.96. The molecule has 0 aromatic carbocycles. The predicted molar refractivity (Wildman–Crippen MR) is 114 cm³/mol. The van der Waals surface area contributed by atoms with E-state index in [0.29, 0.717) is 36.9 Å². The summed E-state index contributed by atoms with van der Waals surface area (Å²) in [6.07, 6.45) is 10.6. The van der Waals surface area contributed by atoms with Gasteiger partial charge < -0.3 is 20.1 Å². The van der Waals surface area contributed by atoms with Gasteiger partial charge in [-0.3, -0.25) is 14.8 Å². The van der Waals surface area contributed by atoms with Gasteiger partial charge >= 0.3 is 6.09 Å². The first-order chi connectivity index (χ1) is 14.9. The monoisotopic (exact) mass is 439 g/mol. The van der Waals surface area contributed by atoms with E-state index in [2.05, 4.69) is 22.8 Å². The molecule has 0 aromatic rings. The summed E-state index contributed by atoms with van der Waals surface area (Å²) >= 11 is 0. The van der Waals surface area contributed by atoms with Crippen molar-refractivity contribution in [1.82, 2.24) is 15.7 Å². The number of hydrogen-bond donors (Lipinski definition) is 3. The van der Waals surface area contributed by atoms with Gasteiger partial charge in [0.2, 0.25) is 5.91 Å². The molecule has 0 saturated carbocycles. The zero-order valence-corrected chi connectivity index (χ0v) is 18.7. The lowest BCUT2D eigenvalue weighted by molar-refractivity contribution is -0.159. The maximum Gasteiger partial charge on any atom is 0.407 e. The minimum Gasteiger partial charge on any atom is -0.439 e. The Morgan fingerprint density at radius 1 is 1.13 bits per heavy atom. The van der Waals surface area contributed by atoms with E-state index in [0.717, 1.165) is 38.5 Å². The molecule has 2 heterocycles. The number of nitrogens with one attached hydrogen (secondary N) is 2. The number of carbonyl (C=O) groups excluding carboxylic acids is 3. The summed E-state index contributed by atoms with van der Waals surface area (Å²) in [5.41, 5.74) is 0. The van der Waals surface area contributed by atoms with Crippen LogP contribution in [0.1, 0.15) is 58.3 Å². The maximum atomic E-state index is 12.1. The fourth-order valence-corrected chi connectivity index (χ4v) is 4.22. The molecule has 0 radical (unpaired) electrons. The molecule has 176 valence electrons. The van der Waals surface area contributed by atoms with Crippen LogP contribution in [0, 0.1) is 11.8 Å².